The lowest BCUT2D eigenvalue weighted by molar-refractivity contribution is -0.0641. The normalized spacial score (nSPS) is 22.6. The molecule has 1 aromatic carbocycles. The molecule has 6 nitrogen and oxygen atoms in total. The van der Waals surface area contributed by atoms with Crippen LogP contribution >= 0.6 is 11.3 Å². The first-order chi connectivity index (χ1) is 11.0. The zero-order chi connectivity index (χ0) is 16.6. The van der Waals surface area contributed by atoms with E-state index in [-0.39, 0.29) is 0 Å². The van der Waals surface area contributed by atoms with E-state index in [9.17, 15) is 5.11 Å². The largest absolute Gasteiger partial charge is 0.485 e. The molecular formula is C16H14N4O2S. The van der Waals surface area contributed by atoms with Crippen LogP contribution in [0.1, 0.15) is 31.0 Å². The molecule has 1 aromatic heterocycles. The van der Waals surface area contributed by atoms with Gasteiger partial charge in [0, 0.05) is 17.1 Å². The van der Waals surface area contributed by atoms with Crippen molar-refractivity contribution in [2.75, 3.05) is 0 Å². The number of nitriles is 2. The standard InChI is InChI=1S/C16H14N4O2S/c1-16(2)14(21)13(20-5-6-23-15(20)19-9-18)11-7-10(8-17)3-4-12(11)22-16/h3-7,13-14,21H,1-2H3. The smallest absolute Gasteiger partial charge is 0.208 e. The molecule has 0 saturated heterocycles. The topological polar surface area (TPSA) is 94.3 Å². The van der Waals surface area contributed by atoms with Crippen LogP contribution in [0.5, 0.6) is 5.75 Å². The lowest BCUT2D eigenvalue weighted by Crippen LogP contribution is -2.51. The van der Waals surface area contributed by atoms with Gasteiger partial charge in [-0.05, 0) is 32.0 Å². The third-order valence-corrected chi connectivity index (χ3v) is 4.67. The van der Waals surface area contributed by atoms with Crippen LogP contribution in [0.3, 0.4) is 0 Å². The van der Waals surface area contributed by atoms with Crippen LogP contribution in [0.25, 0.3) is 0 Å². The maximum absolute atomic E-state index is 10.8. The number of ether oxygens (including phenoxy) is 1. The predicted molar refractivity (Wildman–Crippen MR) is 83.5 cm³/mol. The van der Waals surface area contributed by atoms with Crippen LogP contribution in [-0.2, 0) is 0 Å². The Morgan fingerprint density at radius 1 is 1.39 bits per heavy atom. The molecule has 2 unspecified atom stereocenters. The molecule has 0 amide bonds. The minimum atomic E-state index is -0.865. The third kappa shape index (κ3) is 2.50. The molecule has 0 aliphatic carbocycles. The molecule has 2 heterocycles. The second kappa shape index (κ2) is 5.54. The number of benzene rings is 1. The number of aliphatic hydroxyl groups excluding tert-OH is 1. The fourth-order valence-electron chi connectivity index (χ4n) is 2.76. The van der Waals surface area contributed by atoms with Gasteiger partial charge in [0.25, 0.3) is 0 Å². The Kier molecular flexibility index (Phi) is 3.69. The van der Waals surface area contributed by atoms with Crippen LogP contribution in [0.4, 0.5) is 0 Å². The van der Waals surface area contributed by atoms with Crippen molar-refractivity contribution < 1.29 is 9.84 Å². The van der Waals surface area contributed by atoms with Crippen molar-refractivity contribution in [3.8, 4) is 18.0 Å². The number of hydrogen-bond donors (Lipinski definition) is 1. The number of aromatic nitrogens is 1. The van der Waals surface area contributed by atoms with Gasteiger partial charge in [-0.15, -0.1) is 16.3 Å². The molecule has 116 valence electrons. The SMILES string of the molecule is CC1(C)Oc2ccc(C#N)cc2C(n2ccsc2=NC#N)C1O. The zero-order valence-corrected chi connectivity index (χ0v) is 13.4. The summed E-state index contributed by atoms with van der Waals surface area (Å²) in [5, 5.41) is 30.6. The molecular weight excluding hydrogens is 312 g/mol. The summed E-state index contributed by atoms with van der Waals surface area (Å²) < 4.78 is 7.65. The highest BCUT2D eigenvalue weighted by atomic mass is 32.1. The van der Waals surface area contributed by atoms with Crippen molar-refractivity contribution in [2.24, 2.45) is 4.99 Å². The molecule has 2 aromatic rings. The van der Waals surface area contributed by atoms with E-state index in [0.717, 1.165) is 0 Å². The molecule has 1 N–H and O–H groups in total. The van der Waals surface area contributed by atoms with E-state index in [1.807, 2.05) is 0 Å². The lowest BCUT2D eigenvalue weighted by atomic mass is 9.86. The molecule has 2 atom stereocenters. The predicted octanol–water partition coefficient (Wildman–Crippen LogP) is 1.92. The molecule has 1 aliphatic heterocycles. The quantitative estimate of drug-likeness (QED) is 0.810. The zero-order valence-electron chi connectivity index (χ0n) is 12.6. The highest BCUT2D eigenvalue weighted by Gasteiger charge is 2.44. The van der Waals surface area contributed by atoms with Gasteiger partial charge in [0.15, 0.2) is 0 Å². The molecule has 0 spiro atoms. The van der Waals surface area contributed by atoms with Gasteiger partial charge in [0.2, 0.25) is 11.0 Å². The fourth-order valence-corrected chi connectivity index (χ4v) is 3.46. The van der Waals surface area contributed by atoms with E-state index in [1.54, 1.807) is 54.4 Å². The maximum atomic E-state index is 10.8. The van der Waals surface area contributed by atoms with Gasteiger partial charge >= 0.3 is 0 Å². The maximum Gasteiger partial charge on any atom is 0.208 e. The highest BCUT2D eigenvalue weighted by molar-refractivity contribution is 7.07. The van der Waals surface area contributed by atoms with Crippen LogP contribution in [0.15, 0.2) is 34.8 Å². The summed E-state index contributed by atoms with van der Waals surface area (Å²) in [5.74, 6) is 0.617. The number of rotatable bonds is 1. The Balaban J connectivity index is 2.27. The summed E-state index contributed by atoms with van der Waals surface area (Å²) in [4.78, 5) is 4.30. The van der Waals surface area contributed by atoms with E-state index in [1.165, 1.54) is 11.3 Å². The first kappa shape index (κ1) is 15.3. The second-order valence-corrected chi connectivity index (χ2v) is 6.64. The highest BCUT2D eigenvalue weighted by Crippen LogP contribution is 2.41. The number of fused-ring (bicyclic) bond motifs is 1. The molecule has 1 aliphatic rings. The minimum absolute atomic E-state index is 0.485. The van der Waals surface area contributed by atoms with Gasteiger partial charge < -0.3 is 14.4 Å². The molecule has 0 saturated carbocycles. The third-order valence-electron chi connectivity index (χ3n) is 3.90. The van der Waals surface area contributed by atoms with Gasteiger partial charge in [-0.2, -0.15) is 10.5 Å². The summed E-state index contributed by atoms with van der Waals surface area (Å²) in [5.41, 5.74) is 0.373. The first-order valence-electron chi connectivity index (χ1n) is 6.97. The van der Waals surface area contributed by atoms with Gasteiger partial charge in [0.1, 0.15) is 17.5 Å². The lowest BCUT2D eigenvalue weighted by Gasteiger charge is -2.42. The van der Waals surface area contributed by atoms with Gasteiger partial charge in [-0.1, -0.05) is 0 Å². The summed E-state index contributed by atoms with van der Waals surface area (Å²) >= 11 is 1.31. The van der Waals surface area contributed by atoms with Crippen molar-refractivity contribution in [3.05, 3.63) is 45.7 Å². The van der Waals surface area contributed by atoms with Crippen molar-refractivity contribution in [1.29, 1.82) is 10.5 Å². The fraction of sp³-hybridized carbons (Fsp3) is 0.312. The summed E-state index contributed by atoms with van der Waals surface area (Å²) in [6, 6.07) is 6.74. The van der Waals surface area contributed by atoms with Crippen LogP contribution in [0.2, 0.25) is 0 Å². The molecule has 23 heavy (non-hydrogen) atoms. The Bertz CT molecular complexity index is 898. The molecule has 0 radical (unpaired) electrons. The summed E-state index contributed by atoms with van der Waals surface area (Å²) in [7, 11) is 0. The Labute approximate surface area is 137 Å². The molecule has 0 fully saturated rings. The number of aliphatic hydroxyl groups is 1. The first-order valence-corrected chi connectivity index (χ1v) is 7.85. The Morgan fingerprint density at radius 2 is 2.17 bits per heavy atom. The monoisotopic (exact) mass is 326 g/mol. The average Bonchev–Trinajstić information content (AvgIpc) is 2.96. The number of hydrogen-bond acceptors (Lipinski definition) is 6. The van der Waals surface area contributed by atoms with Gasteiger partial charge in [0.05, 0.1) is 17.7 Å². The van der Waals surface area contributed by atoms with E-state index in [2.05, 4.69) is 11.1 Å². The van der Waals surface area contributed by atoms with Crippen molar-refractivity contribution in [2.45, 2.75) is 31.6 Å². The molecule has 3 rings (SSSR count). The van der Waals surface area contributed by atoms with Crippen LogP contribution < -0.4 is 9.54 Å². The van der Waals surface area contributed by atoms with E-state index < -0.39 is 17.7 Å². The van der Waals surface area contributed by atoms with E-state index in [0.29, 0.717) is 21.7 Å². The molecule has 0 bridgehead atoms. The molecule has 7 heteroatoms. The number of thiazole rings is 1. The van der Waals surface area contributed by atoms with E-state index in [4.69, 9.17) is 15.3 Å². The minimum Gasteiger partial charge on any atom is -0.485 e. The van der Waals surface area contributed by atoms with Crippen molar-refractivity contribution >= 4 is 11.3 Å². The second-order valence-electron chi connectivity index (χ2n) is 5.76. The Hall–Kier alpha value is -2.61. The van der Waals surface area contributed by atoms with E-state index >= 15 is 0 Å². The van der Waals surface area contributed by atoms with Crippen molar-refractivity contribution in [3.63, 3.8) is 0 Å². The number of nitrogens with zero attached hydrogens (tertiary/aromatic N) is 4. The van der Waals surface area contributed by atoms with Crippen molar-refractivity contribution in [1.82, 2.24) is 4.57 Å². The average molecular weight is 326 g/mol. The Morgan fingerprint density at radius 3 is 2.87 bits per heavy atom. The summed E-state index contributed by atoms with van der Waals surface area (Å²) in [6.45, 7) is 3.61. The van der Waals surface area contributed by atoms with Crippen LogP contribution in [-0.4, -0.2) is 21.4 Å². The van der Waals surface area contributed by atoms with Crippen LogP contribution in [0, 0.1) is 22.8 Å². The van der Waals surface area contributed by atoms with Gasteiger partial charge in [-0.25, -0.2) is 0 Å². The summed E-state index contributed by atoms with van der Waals surface area (Å²) in [6.07, 6.45) is 2.69. The van der Waals surface area contributed by atoms with Gasteiger partial charge in [-0.3, -0.25) is 0 Å².